The Kier molecular flexibility index (Phi) is 3.82. The number of hydrogen-bond acceptors (Lipinski definition) is 2. The van der Waals surface area contributed by atoms with Gasteiger partial charge in [-0.3, -0.25) is 9.78 Å². The standard InChI is InChI=1S/C14H15ClN2O/c1-9(2)7-17-14(18)11-5-10-3-4-12(15)6-13(10)16-8-11/h3-6,8-9H,7H2,1-2H3,(H,17,18). The van der Waals surface area contributed by atoms with E-state index in [0.29, 0.717) is 23.0 Å². The van der Waals surface area contributed by atoms with Crippen LogP contribution < -0.4 is 5.32 Å². The highest BCUT2D eigenvalue weighted by Crippen LogP contribution is 2.18. The van der Waals surface area contributed by atoms with Crippen molar-refractivity contribution in [1.29, 1.82) is 0 Å². The second kappa shape index (κ2) is 5.36. The monoisotopic (exact) mass is 262 g/mol. The molecule has 0 aliphatic carbocycles. The molecule has 2 rings (SSSR count). The quantitative estimate of drug-likeness (QED) is 0.922. The highest BCUT2D eigenvalue weighted by molar-refractivity contribution is 6.31. The van der Waals surface area contributed by atoms with Crippen molar-refractivity contribution in [2.24, 2.45) is 5.92 Å². The predicted molar refractivity (Wildman–Crippen MR) is 73.9 cm³/mol. The number of benzene rings is 1. The van der Waals surface area contributed by atoms with Crippen LogP contribution in [0.4, 0.5) is 0 Å². The van der Waals surface area contributed by atoms with E-state index in [-0.39, 0.29) is 5.91 Å². The Morgan fingerprint density at radius 3 is 2.89 bits per heavy atom. The van der Waals surface area contributed by atoms with Gasteiger partial charge < -0.3 is 5.32 Å². The number of hydrogen-bond donors (Lipinski definition) is 1. The van der Waals surface area contributed by atoms with Gasteiger partial charge >= 0.3 is 0 Å². The van der Waals surface area contributed by atoms with Gasteiger partial charge in [0.15, 0.2) is 0 Å². The molecule has 0 bridgehead atoms. The van der Waals surface area contributed by atoms with E-state index in [9.17, 15) is 4.79 Å². The average Bonchev–Trinajstić information content (AvgIpc) is 2.35. The van der Waals surface area contributed by atoms with Crippen molar-refractivity contribution in [1.82, 2.24) is 10.3 Å². The fourth-order valence-electron chi connectivity index (χ4n) is 1.62. The molecule has 3 nitrogen and oxygen atoms in total. The number of aromatic nitrogens is 1. The number of nitrogens with zero attached hydrogens (tertiary/aromatic N) is 1. The van der Waals surface area contributed by atoms with E-state index in [1.807, 2.05) is 12.1 Å². The van der Waals surface area contributed by atoms with Crippen molar-refractivity contribution in [3.8, 4) is 0 Å². The van der Waals surface area contributed by atoms with Gasteiger partial charge in [-0.25, -0.2) is 0 Å². The van der Waals surface area contributed by atoms with E-state index in [2.05, 4.69) is 24.1 Å². The Bertz CT molecular complexity index is 581. The van der Waals surface area contributed by atoms with Crippen LogP contribution >= 0.6 is 11.6 Å². The number of fused-ring (bicyclic) bond motifs is 1. The van der Waals surface area contributed by atoms with Gasteiger partial charge in [-0.15, -0.1) is 0 Å². The number of nitrogens with one attached hydrogen (secondary N) is 1. The molecule has 0 fully saturated rings. The third kappa shape index (κ3) is 2.99. The van der Waals surface area contributed by atoms with Crippen LogP contribution in [-0.2, 0) is 0 Å². The number of halogens is 1. The van der Waals surface area contributed by atoms with Crippen LogP contribution in [0.3, 0.4) is 0 Å². The number of carbonyl (C=O) groups is 1. The van der Waals surface area contributed by atoms with Crippen molar-refractivity contribution in [3.05, 3.63) is 41.0 Å². The number of rotatable bonds is 3. The lowest BCUT2D eigenvalue weighted by Crippen LogP contribution is -2.27. The maximum atomic E-state index is 11.9. The summed E-state index contributed by atoms with van der Waals surface area (Å²) in [5.74, 6) is 0.342. The predicted octanol–water partition coefficient (Wildman–Crippen LogP) is 3.27. The highest BCUT2D eigenvalue weighted by atomic mass is 35.5. The van der Waals surface area contributed by atoms with Gasteiger partial charge in [-0.05, 0) is 24.1 Å². The first-order valence-corrected chi connectivity index (χ1v) is 6.27. The normalized spacial score (nSPS) is 10.9. The van der Waals surface area contributed by atoms with Gasteiger partial charge in [-0.2, -0.15) is 0 Å². The third-order valence-corrected chi connectivity index (χ3v) is 2.81. The van der Waals surface area contributed by atoms with Gasteiger partial charge in [0.1, 0.15) is 0 Å². The zero-order valence-electron chi connectivity index (χ0n) is 10.4. The van der Waals surface area contributed by atoms with Crippen LogP contribution in [0.1, 0.15) is 24.2 Å². The second-order valence-corrected chi connectivity index (χ2v) is 5.10. The Morgan fingerprint density at radius 2 is 2.17 bits per heavy atom. The Morgan fingerprint density at radius 1 is 1.39 bits per heavy atom. The molecule has 4 heteroatoms. The molecule has 1 amide bonds. The van der Waals surface area contributed by atoms with Crippen molar-refractivity contribution in [3.63, 3.8) is 0 Å². The van der Waals surface area contributed by atoms with Crippen molar-refractivity contribution in [2.45, 2.75) is 13.8 Å². The van der Waals surface area contributed by atoms with E-state index in [1.165, 1.54) is 0 Å². The number of amides is 1. The van der Waals surface area contributed by atoms with E-state index in [0.717, 1.165) is 10.9 Å². The summed E-state index contributed by atoms with van der Waals surface area (Å²) in [5.41, 5.74) is 1.37. The SMILES string of the molecule is CC(C)CNC(=O)c1cnc2cc(Cl)ccc2c1. The smallest absolute Gasteiger partial charge is 0.252 e. The summed E-state index contributed by atoms with van der Waals surface area (Å²) < 4.78 is 0. The summed E-state index contributed by atoms with van der Waals surface area (Å²) in [6.07, 6.45) is 1.58. The summed E-state index contributed by atoms with van der Waals surface area (Å²) >= 11 is 5.89. The first kappa shape index (κ1) is 12.8. The molecule has 18 heavy (non-hydrogen) atoms. The summed E-state index contributed by atoms with van der Waals surface area (Å²) in [6.45, 7) is 4.78. The molecule has 0 spiro atoms. The van der Waals surface area contributed by atoms with E-state index < -0.39 is 0 Å². The molecule has 0 aliphatic rings. The van der Waals surface area contributed by atoms with Gasteiger partial charge in [0.2, 0.25) is 0 Å². The summed E-state index contributed by atoms with van der Waals surface area (Å²) in [7, 11) is 0. The fourth-order valence-corrected chi connectivity index (χ4v) is 1.78. The molecule has 0 unspecified atom stereocenters. The van der Waals surface area contributed by atoms with Crippen LogP contribution in [0.2, 0.25) is 5.02 Å². The minimum absolute atomic E-state index is 0.0898. The zero-order valence-corrected chi connectivity index (χ0v) is 11.2. The first-order chi connectivity index (χ1) is 8.56. The lowest BCUT2D eigenvalue weighted by Gasteiger charge is -2.08. The topological polar surface area (TPSA) is 42.0 Å². The average molecular weight is 263 g/mol. The molecule has 0 saturated heterocycles. The van der Waals surface area contributed by atoms with Crippen molar-refractivity contribution in [2.75, 3.05) is 6.54 Å². The Hall–Kier alpha value is -1.61. The molecule has 2 aromatic rings. The van der Waals surface area contributed by atoms with Gasteiger partial charge in [-0.1, -0.05) is 31.5 Å². The number of pyridine rings is 1. The lowest BCUT2D eigenvalue weighted by atomic mass is 10.1. The van der Waals surface area contributed by atoms with Gasteiger partial charge in [0.25, 0.3) is 5.91 Å². The third-order valence-electron chi connectivity index (χ3n) is 2.58. The largest absolute Gasteiger partial charge is 0.352 e. The molecule has 0 radical (unpaired) electrons. The molecule has 1 aromatic heterocycles. The molecule has 1 heterocycles. The minimum Gasteiger partial charge on any atom is -0.352 e. The molecule has 0 atom stereocenters. The van der Waals surface area contributed by atoms with Gasteiger partial charge in [0.05, 0.1) is 11.1 Å². The Balaban J connectivity index is 2.24. The van der Waals surface area contributed by atoms with Crippen LogP contribution in [-0.4, -0.2) is 17.4 Å². The zero-order chi connectivity index (χ0) is 13.1. The van der Waals surface area contributed by atoms with E-state index in [1.54, 1.807) is 18.3 Å². The lowest BCUT2D eigenvalue weighted by molar-refractivity contribution is 0.0949. The molecule has 0 aliphatic heterocycles. The Labute approximate surface area is 111 Å². The number of carbonyl (C=O) groups excluding carboxylic acids is 1. The molecular formula is C14H15ClN2O. The van der Waals surface area contributed by atoms with Crippen LogP contribution in [0.5, 0.6) is 0 Å². The highest BCUT2D eigenvalue weighted by Gasteiger charge is 2.07. The molecular weight excluding hydrogens is 248 g/mol. The van der Waals surface area contributed by atoms with Crippen molar-refractivity contribution < 1.29 is 4.79 Å². The first-order valence-electron chi connectivity index (χ1n) is 5.90. The molecule has 1 aromatic carbocycles. The van der Waals surface area contributed by atoms with E-state index >= 15 is 0 Å². The maximum absolute atomic E-state index is 11.9. The summed E-state index contributed by atoms with van der Waals surface area (Å²) in [6, 6.07) is 7.27. The second-order valence-electron chi connectivity index (χ2n) is 4.66. The summed E-state index contributed by atoms with van der Waals surface area (Å²) in [4.78, 5) is 16.1. The molecule has 0 saturated carbocycles. The van der Waals surface area contributed by atoms with Crippen molar-refractivity contribution >= 4 is 28.4 Å². The van der Waals surface area contributed by atoms with Crippen LogP contribution in [0.15, 0.2) is 30.5 Å². The van der Waals surface area contributed by atoms with E-state index in [4.69, 9.17) is 11.6 Å². The van der Waals surface area contributed by atoms with Crippen LogP contribution in [0, 0.1) is 5.92 Å². The molecule has 1 N–H and O–H groups in total. The van der Waals surface area contributed by atoms with Crippen LogP contribution in [0.25, 0.3) is 10.9 Å². The molecule has 94 valence electrons. The van der Waals surface area contributed by atoms with Gasteiger partial charge in [0, 0.05) is 23.2 Å². The summed E-state index contributed by atoms with van der Waals surface area (Å²) in [5, 5.41) is 4.43. The fraction of sp³-hybridized carbons (Fsp3) is 0.286. The maximum Gasteiger partial charge on any atom is 0.252 e. The minimum atomic E-state index is -0.0898.